The molecule has 0 unspecified atom stereocenters. The van der Waals surface area contributed by atoms with E-state index in [1.54, 1.807) is 0 Å². The molecular formula is C9H16O3S. The zero-order valence-electron chi connectivity index (χ0n) is 7.95. The zero-order chi connectivity index (χ0) is 9.90. The fraction of sp³-hybridized carbons (Fsp3) is 0.778. The van der Waals surface area contributed by atoms with Crippen molar-refractivity contribution >= 4 is 10.1 Å². The van der Waals surface area contributed by atoms with Crippen LogP contribution >= 0.6 is 0 Å². The lowest BCUT2D eigenvalue weighted by Crippen LogP contribution is -2.16. The summed E-state index contributed by atoms with van der Waals surface area (Å²) in [5.41, 5.74) is 1.27. The molecule has 4 heteroatoms. The van der Waals surface area contributed by atoms with E-state index >= 15 is 0 Å². The highest BCUT2D eigenvalue weighted by Crippen LogP contribution is 2.27. The summed E-state index contributed by atoms with van der Waals surface area (Å²) in [6.07, 6.45) is 5.13. The third kappa shape index (κ3) is 4.43. The Morgan fingerprint density at radius 1 is 1.46 bits per heavy atom. The zero-order valence-corrected chi connectivity index (χ0v) is 8.77. The van der Waals surface area contributed by atoms with Gasteiger partial charge in [-0.15, -0.1) is 0 Å². The first-order valence-electron chi connectivity index (χ1n) is 4.48. The van der Waals surface area contributed by atoms with Crippen molar-refractivity contribution in [2.45, 2.75) is 25.7 Å². The molecule has 0 aromatic heterocycles. The highest BCUT2D eigenvalue weighted by atomic mass is 32.2. The molecule has 3 nitrogen and oxygen atoms in total. The van der Waals surface area contributed by atoms with Crippen LogP contribution in [0.4, 0.5) is 0 Å². The van der Waals surface area contributed by atoms with Crippen molar-refractivity contribution < 1.29 is 12.6 Å². The Balaban J connectivity index is 2.27. The molecule has 0 spiro atoms. The van der Waals surface area contributed by atoms with Crippen molar-refractivity contribution in [1.82, 2.24) is 0 Å². The van der Waals surface area contributed by atoms with Gasteiger partial charge in [-0.05, 0) is 31.6 Å². The normalized spacial score (nSPS) is 20.5. The molecule has 0 aromatic rings. The van der Waals surface area contributed by atoms with E-state index in [2.05, 4.69) is 6.58 Å². The maximum absolute atomic E-state index is 10.7. The summed E-state index contributed by atoms with van der Waals surface area (Å²) >= 11 is 0. The van der Waals surface area contributed by atoms with E-state index in [0.717, 1.165) is 31.9 Å². The van der Waals surface area contributed by atoms with E-state index in [1.807, 2.05) is 0 Å². The molecule has 0 saturated heterocycles. The minimum atomic E-state index is -3.26. The molecular weight excluding hydrogens is 188 g/mol. The summed E-state index contributed by atoms with van der Waals surface area (Å²) in [6.45, 7) is 4.24. The Hall–Kier alpha value is -0.350. The largest absolute Gasteiger partial charge is 0.270 e. The predicted octanol–water partition coefficient (Wildman–Crippen LogP) is 1.71. The van der Waals surface area contributed by atoms with E-state index < -0.39 is 10.1 Å². The van der Waals surface area contributed by atoms with Crippen LogP contribution in [0.15, 0.2) is 12.2 Å². The standard InChI is InChI=1S/C9H16O3S/c1-8-3-5-9(6-4-8)7-12-13(2,10)11/h9H,1,3-7H2,2H3. The highest BCUT2D eigenvalue weighted by molar-refractivity contribution is 7.85. The Morgan fingerprint density at radius 2 is 2.00 bits per heavy atom. The van der Waals surface area contributed by atoms with Gasteiger partial charge in [-0.25, -0.2) is 0 Å². The fourth-order valence-electron chi connectivity index (χ4n) is 1.47. The average Bonchev–Trinajstić information content (AvgIpc) is 2.02. The Bertz CT molecular complexity index is 269. The summed E-state index contributed by atoms with van der Waals surface area (Å²) < 4.78 is 26.1. The maximum atomic E-state index is 10.7. The van der Waals surface area contributed by atoms with Crippen LogP contribution in [0.1, 0.15) is 25.7 Å². The number of rotatable bonds is 3. The van der Waals surface area contributed by atoms with Crippen molar-refractivity contribution in [2.24, 2.45) is 5.92 Å². The summed E-state index contributed by atoms with van der Waals surface area (Å²) in [6, 6.07) is 0. The topological polar surface area (TPSA) is 43.4 Å². The highest BCUT2D eigenvalue weighted by Gasteiger charge is 2.17. The predicted molar refractivity (Wildman–Crippen MR) is 51.9 cm³/mol. The molecule has 0 radical (unpaired) electrons. The molecule has 0 bridgehead atoms. The molecule has 1 aliphatic carbocycles. The Morgan fingerprint density at radius 3 is 2.46 bits per heavy atom. The molecule has 76 valence electrons. The minimum Gasteiger partial charge on any atom is -0.270 e. The third-order valence-electron chi connectivity index (χ3n) is 2.33. The number of allylic oxidation sites excluding steroid dienone is 1. The average molecular weight is 204 g/mol. The molecule has 1 rings (SSSR count). The maximum Gasteiger partial charge on any atom is 0.264 e. The number of hydrogen-bond donors (Lipinski definition) is 0. The van der Waals surface area contributed by atoms with Crippen LogP contribution in [0.2, 0.25) is 0 Å². The van der Waals surface area contributed by atoms with Gasteiger partial charge >= 0.3 is 0 Å². The van der Waals surface area contributed by atoms with Gasteiger partial charge in [-0.2, -0.15) is 8.42 Å². The molecule has 0 amide bonds. The van der Waals surface area contributed by atoms with E-state index in [4.69, 9.17) is 4.18 Å². The van der Waals surface area contributed by atoms with Crippen LogP contribution < -0.4 is 0 Å². The van der Waals surface area contributed by atoms with E-state index in [-0.39, 0.29) is 0 Å². The van der Waals surface area contributed by atoms with Gasteiger partial charge in [0.1, 0.15) is 0 Å². The van der Waals surface area contributed by atoms with Crippen LogP contribution in [-0.4, -0.2) is 21.3 Å². The smallest absolute Gasteiger partial charge is 0.264 e. The van der Waals surface area contributed by atoms with Gasteiger partial charge in [0, 0.05) is 0 Å². The first-order valence-corrected chi connectivity index (χ1v) is 6.30. The summed E-state index contributed by atoms with van der Waals surface area (Å²) in [7, 11) is -3.26. The summed E-state index contributed by atoms with van der Waals surface area (Å²) in [5.74, 6) is 0.389. The van der Waals surface area contributed by atoms with Gasteiger partial charge in [-0.1, -0.05) is 12.2 Å². The first-order chi connectivity index (χ1) is 5.97. The van der Waals surface area contributed by atoms with Crippen LogP contribution in [0.25, 0.3) is 0 Å². The van der Waals surface area contributed by atoms with Crippen molar-refractivity contribution in [3.8, 4) is 0 Å². The van der Waals surface area contributed by atoms with Crippen molar-refractivity contribution in [2.75, 3.05) is 12.9 Å². The summed E-state index contributed by atoms with van der Waals surface area (Å²) in [5, 5.41) is 0. The monoisotopic (exact) mass is 204 g/mol. The lowest BCUT2D eigenvalue weighted by molar-refractivity contribution is 0.229. The summed E-state index contributed by atoms with van der Waals surface area (Å²) in [4.78, 5) is 0. The minimum absolute atomic E-state index is 0.339. The quantitative estimate of drug-likeness (QED) is 0.519. The van der Waals surface area contributed by atoms with Gasteiger partial charge in [0.15, 0.2) is 0 Å². The van der Waals surface area contributed by atoms with Gasteiger partial charge in [0.2, 0.25) is 0 Å². The van der Waals surface area contributed by atoms with E-state index in [1.165, 1.54) is 5.57 Å². The van der Waals surface area contributed by atoms with Crippen LogP contribution in [0, 0.1) is 5.92 Å². The van der Waals surface area contributed by atoms with Gasteiger partial charge in [0.05, 0.1) is 12.9 Å². The van der Waals surface area contributed by atoms with Crippen molar-refractivity contribution in [3.63, 3.8) is 0 Å². The van der Waals surface area contributed by atoms with Crippen LogP contribution in [0.3, 0.4) is 0 Å². The van der Waals surface area contributed by atoms with Crippen molar-refractivity contribution in [3.05, 3.63) is 12.2 Å². The van der Waals surface area contributed by atoms with E-state index in [0.29, 0.717) is 12.5 Å². The second kappa shape index (κ2) is 4.24. The Labute approximate surface area is 79.9 Å². The molecule has 0 aromatic carbocycles. The molecule has 0 N–H and O–H groups in total. The van der Waals surface area contributed by atoms with Gasteiger partial charge in [-0.3, -0.25) is 4.18 Å². The SMILES string of the molecule is C=C1CCC(COS(C)(=O)=O)CC1. The second-order valence-electron chi connectivity index (χ2n) is 3.68. The molecule has 1 aliphatic rings. The van der Waals surface area contributed by atoms with Gasteiger partial charge < -0.3 is 0 Å². The van der Waals surface area contributed by atoms with Crippen LogP contribution in [0.5, 0.6) is 0 Å². The molecule has 0 aliphatic heterocycles. The van der Waals surface area contributed by atoms with Crippen molar-refractivity contribution in [1.29, 1.82) is 0 Å². The fourth-order valence-corrected chi connectivity index (χ4v) is 1.91. The molecule has 1 saturated carbocycles. The Kier molecular flexibility index (Phi) is 3.50. The lowest BCUT2D eigenvalue weighted by atomic mass is 9.87. The third-order valence-corrected chi connectivity index (χ3v) is 2.89. The van der Waals surface area contributed by atoms with E-state index in [9.17, 15) is 8.42 Å². The number of hydrogen-bond acceptors (Lipinski definition) is 3. The molecule has 1 fully saturated rings. The first kappa shape index (κ1) is 10.7. The van der Waals surface area contributed by atoms with Gasteiger partial charge in [0.25, 0.3) is 10.1 Å². The van der Waals surface area contributed by atoms with Crippen LogP contribution in [-0.2, 0) is 14.3 Å². The molecule has 0 heterocycles. The lowest BCUT2D eigenvalue weighted by Gasteiger charge is -2.22. The second-order valence-corrected chi connectivity index (χ2v) is 5.33. The molecule has 13 heavy (non-hydrogen) atoms. The molecule has 0 atom stereocenters.